The molecule has 264 valence electrons. The van der Waals surface area contributed by atoms with Gasteiger partial charge in [-0.2, -0.15) is 4.98 Å². The zero-order valence-corrected chi connectivity index (χ0v) is 28.4. The largest absolute Gasteiger partial charge is 0.493 e. The maximum absolute atomic E-state index is 13.6. The minimum absolute atomic E-state index is 0.148. The van der Waals surface area contributed by atoms with E-state index in [0.29, 0.717) is 61.4 Å². The van der Waals surface area contributed by atoms with Gasteiger partial charge in [0.25, 0.3) is 0 Å². The fraction of sp³-hybridized carbons (Fsp3) is 0.324. The van der Waals surface area contributed by atoms with Crippen LogP contribution < -0.4 is 20.1 Å². The molecule has 0 unspecified atom stereocenters. The topological polar surface area (TPSA) is 167 Å². The molecule has 1 aliphatic heterocycles. The number of benzene rings is 2. The first-order valence-corrected chi connectivity index (χ1v) is 16.9. The Bertz CT molecular complexity index is 1910. The van der Waals surface area contributed by atoms with Crippen molar-refractivity contribution < 1.29 is 28.4 Å². The second-order valence-corrected chi connectivity index (χ2v) is 12.0. The number of amides is 3. The van der Waals surface area contributed by atoms with E-state index in [9.17, 15) is 14.4 Å². The van der Waals surface area contributed by atoms with Crippen molar-refractivity contribution >= 4 is 17.7 Å². The highest BCUT2D eigenvalue weighted by Crippen LogP contribution is 2.32. The van der Waals surface area contributed by atoms with E-state index in [-0.39, 0.29) is 44.4 Å². The fourth-order valence-corrected chi connectivity index (χ4v) is 5.82. The van der Waals surface area contributed by atoms with Gasteiger partial charge in [0.2, 0.25) is 29.4 Å². The summed E-state index contributed by atoms with van der Waals surface area (Å²) in [4.78, 5) is 55.2. The molecule has 0 fully saturated rings. The number of carbonyl (C=O) groups is 3. The van der Waals surface area contributed by atoms with E-state index in [1.165, 1.54) is 4.90 Å². The van der Waals surface area contributed by atoms with Gasteiger partial charge in [-0.15, -0.1) is 0 Å². The van der Waals surface area contributed by atoms with Crippen LogP contribution in [0.2, 0.25) is 0 Å². The van der Waals surface area contributed by atoms with Crippen LogP contribution in [0.25, 0.3) is 22.8 Å². The zero-order valence-electron chi connectivity index (χ0n) is 28.4. The Labute approximate surface area is 295 Å². The van der Waals surface area contributed by atoms with Crippen LogP contribution in [-0.2, 0) is 33.8 Å². The molecular formula is C37H40N8O6. The number of hydrogen-bond acceptors (Lipinski definition) is 10. The lowest BCUT2D eigenvalue weighted by molar-refractivity contribution is -0.137. The molecule has 3 aromatic heterocycles. The van der Waals surface area contributed by atoms with Crippen LogP contribution in [0.3, 0.4) is 0 Å². The third kappa shape index (κ3) is 9.35. The predicted molar refractivity (Wildman–Crippen MR) is 186 cm³/mol. The molecule has 2 N–H and O–H groups in total. The summed E-state index contributed by atoms with van der Waals surface area (Å²) < 4.78 is 19.0. The van der Waals surface area contributed by atoms with Crippen LogP contribution in [0, 0.1) is 0 Å². The van der Waals surface area contributed by atoms with Gasteiger partial charge in [0.15, 0.2) is 11.5 Å². The average molecular weight is 693 g/mol. The van der Waals surface area contributed by atoms with Crippen LogP contribution in [-0.4, -0.2) is 86.7 Å². The number of imidazole rings is 1. The molecule has 0 saturated carbocycles. The van der Waals surface area contributed by atoms with Gasteiger partial charge in [-0.1, -0.05) is 35.5 Å². The molecule has 14 nitrogen and oxygen atoms in total. The van der Waals surface area contributed by atoms with E-state index in [1.54, 1.807) is 31.8 Å². The Morgan fingerprint density at radius 3 is 2.75 bits per heavy atom. The lowest BCUT2D eigenvalue weighted by atomic mass is 10.1. The molecule has 0 spiro atoms. The van der Waals surface area contributed by atoms with Crippen molar-refractivity contribution in [2.45, 2.75) is 44.7 Å². The van der Waals surface area contributed by atoms with Crippen LogP contribution in [0.5, 0.6) is 11.5 Å². The number of aryl methyl sites for hydroxylation is 1. The first-order chi connectivity index (χ1) is 25.0. The van der Waals surface area contributed by atoms with Crippen molar-refractivity contribution in [3.8, 4) is 34.3 Å². The smallest absolute Gasteiger partial charge is 0.242 e. The average Bonchev–Trinajstić information content (AvgIpc) is 3.83. The first kappa shape index (κ1) is 34.8. The molecule has 3 amide bonds. The molecular weight excluding hydrogens is 652 g/mol. The van der Waals surface area contributed by atoms with Crippen molar-refractivity contribution in [2.24, 2.45) is 0 Å². The van der Waals surface area contributed by atoms with Gasteiger partial charge < -0.3 is 34.1 Å². The molecule has 1 atom stereocenters. The Balaban J connectivity index is 1.18. The number of hydrogen-bond donors (Lipinski definition) is 2. The maximum atomic E-state index is 13.6. The summed E-state index contributed by atoms with van der Waals surface area (Å²) in [5, 5.41) is 9.88. The van der Waals surface area contributed by atoms with Crippen molar-refractivity contribution in [2.75, 3.05) is 33.4 Å². The minimum Gasteiger partial charge on any atom is -0.493 e. The second kappa shape index (κ2) is 17.1. The molecule has 0 aliphatic carbocycles. The molecule has 14 heteroatoms. The number of nitrogens with one attached hydrogen (secondary N) is 2. The SMILES string of the molecule is COc1ccc2cc1OCCCN(C(=O)CCCc1nc(-c3cccnc3)no1)CC(=O)N[C@@H](Cc1ccccc1)C(=O)NCCn1ccnc1-2. The molecule has 1 aliphatic rings. The number of pyridine rings is 1. The normalized spacial score (nSPS) is 15.8. The number of fused-ring (bicyclic) bond motifs is 4. The monoisotopic (exact) mass is 692 g/mol. The van der Waals surface area contributed by atoms with E-state index >= 15 is 0 Å². The number of carbonyl (C=O) groups excluding carboxylic acids is 3. The Morgan fingerprint density at radius 2 is 1.92 bits per heavy atom. The summed E-state index contributed by atoms with van der Waals surface area (Å²) in [5.74, 6) is 1.64. The molecule has 6 rings (SSSR count). The summed E-state index contributed by atoms with van der Waals surface area (Å²) in [6, 6.07) is 17.8. The van der Waals surface area contributed by atoms with Crippen LogP contribution >= 0.6 is 0 Å². The van der Waals surface area contributed by atoms with Crippen LogP contribution in [0.4, 0.5) is 0 Å². The summed E-state index contributed by atoms with van der Waals surface area (Å²) in [7, 11) is 1.57. The molecule has 2 aromatic carbocycles. The first-order valence-electron chi connectivity index (χ1n) is 16.9. The van der Waals surface area contributed by atoms with Crippen molar-refractivity contribution in [3.63, 3.8) is 0 Å². The van der Waals surface area contributed by atoms with E-state index < -0.39 is 11.9 Å². The summed E-state index contributed by atoms with van der Waals surface area (Å²) in [6.07, 6.45) is 8.56. The Morgan fingerprint density at radius 1 is 1.04 bits per heavy atom. The second-order valence-electron chi connectivity index (χ2n) is 12.0. The Hall–Kier alpha value is -6.05. The van der Waals surface area contributed by atoms with E-state index in [1.807, 2.05) is 65.4 Å². The van der Waals surface area contributed by atoms with Gasteiger partial charge >= 0.3 is 0 Å². The number of rotatable bonds is 8. The third-order valence-electron chi connectivity index (χ3n) is 8.41. The number of ether oxygens (including phenoxy) is 2. The molecule has 2 bridgehead atoms. The maximum Gasteiger partial charge on any atom is 0.242 e. The molecule has 51 heavy (non-hydrogen) atoms. The standard InChI is InChI=1S/C37H40N8O6/c1-49-30-14-13-27-23-31(30)50-21-7-18-45(34(47)12-5-11-33-42-35(43-51-33)28-10-6-15-38-24-28)25-32(46)41-29(22-26-8-3-2-4-9-26)37(48)40-17-20-44-19-16-39-36(27)44/h2-4,6,8-10,13-16,19,23-24,29H,5,7,11-12,17-18,20-22,25H2,1H3,(H,40,48)(H,41,46)/t29-/m0/s1. The molecule has 4 heterocycles. The van der Waals surface area contributed by atoms with Crippen LogP contribution in [0.15, 0.2) is 90.0 Å². The number of aromatic nitrogens is 5. The fourth-order valence-electron chi connectivity index (χ4n) is 5.82. The Kier molecular flexibility index (Phi) is 11.6. The molecule has 5 aromatic rings. The summed E-state index contributed by atoms with van der Waals surface area (Å²) >= 11 is 0. The van der Waals surface area contributed by atoms with Gasteiger partial charge in [0, 0.05) is 74.8 Å². The van der Waals surface area contributed by atoms with E-state index in [0.717, 1.165) is 16.7 Å². The zero-order chi connectivity index (χ0) is 35.4. The number of methoxy groups -OCH3 is 1. The van der Waals surface area contributed by atoms with Gasteiger partial charge in [-0.3, -0.25) is 19.4 Å². The van der Waals surface area contributed by atoms with Crippen molar-refractivity contribution in [1.29, 1.82) is 0 Å². The lowest BCUT2D eigenvalue weighted by Crippen LogP contribution is -2.51. The van der Waals surface area contributed by atoms with Gasteiger partial charge in [-0.05, 0) is 48.7 Å². The number of nitrogens with zero attached hydrogens (tertiary/aromatic N) is 6. The lowest BCUT2D eigenvalue weighted by Gasteiger charge is -2.25. The van der Waals surface area contributed by atoms with Crippen LogP contribution in [0.1, 0.15) is 30.7 Å². The van der Waals surface area contributed by atoms with Gasteiger partial charge in [0.1, 0.15) is 11.9 Å². The highest BCUT2D eigenvalue weighted by molar-refractivity contribution is 5.90. The summed E-state index contributed by atoms with van der Waals surface area (Å²) in [5.41, 5.74) is 2.45. The predicted octanol–water partition coefficient (Wildman–Crippen LogP) is 3.48. The summed E-state index contributed by atoms with van der Waals surface area (Å²) in [6.45, 7) is 1.04. The van der Waals surface area contributed by atoms with Crippen molar-refractivity contribution in [3.05, 3.63) is 96.9 Å². The highest BCUT2D eigenvalue weighted by atomic mass is 16.5. The molecule has 0 saturated heterocycles. The van der Waals surface area contributed by atoms with Gasteiger partial charge in [0.05, 0.1) is 20.3 Å². The van der Waals surface area contributed by atoms with Crippen molar-refractivity contribution in [1.82, 2.24) is 40.2 Å². The highest BCUT2D eigenvalue weighted by Gasteiger charge is 2.24. The quantitative estimate of drug-likeness (QED) is 0.246. The van der Waals surface area contributed by atoms with Gasteiger partial charge in [-0.25, -0.2) is 4.98 Å². The van der Waals surface area contributed by atoms with E-state index in [4.69, 9.17) is 14.0 Å². The third-order valence-corrected chi connectivity index (χ3v) is 8.41. The molecule has 0 radical (unpaired) electrons. The minimum atomic E-state index is -0.850. The van der Waals surface area contributed by atoms with E-state index in [2.05, 4.69) is 30.7 Å².